The smallest absolute Gasteiger partial charge is 0.119 e. The fourth-order valence-corrected chi connectivity index (χ4v) is 5.52. The fourth-order valence-electron chi connectivity index (χ4n) is 5.52. The molecule has 1 aliphatic rings. The highest BCUT2D eigenvalue weighted by atomic mass is 16.5. The molecule has 2 rings (SSSR count). The molecule has 0 amide bonds. The molecule has 1 aromatic rings. The molecule has 5 atom stereocenters. The van der Waals surface area contributed by atoms with Crippen molar-refractivity contribution in [3.8, 4) is 5.75 Å². The average Bonchev–Trinajstić information content (AvgIpc) is 2.65. The Balaban J connectivity index is 2.34. The van der Waals surface area contributed by atoms with Crippen LogP contribution in [0, 0.1) is 23.7 Å². The molecule has 1 aromatic carbocycles. The number of ether oxygens (including phenoxy) is 1. The molecule has 0 bridgehead atoms. The van der Waals surface area contributed by atoms with Gasteiger partial charge in [0, 0.05) is 6.04 Å². The molecule has 27 heavy (non-hydrogen) atoms. The predicted octanol–water partition coefficient (Wildman–Crippen LogP) is 5.32. The summed E-state index contributed by atoms with van der Waals surface area (Å²) in [7, 11) is 6.05. The maximum Gasteiger partial charge on any atom is 0.119 e. The summed E-state index contributed by atoms with van der Waals surface area (Å²) < 4.78 is 5.40. The Morgan fingerprint density at radius 3 is 2.52 bits per heavy atom. The van der Waals surface area contributed by atoms with Crippen LogP contribution in [0.15, 0.2) is 24.3 Å². The maximum absolute atomic E-state index is 11.7. The SMILES string of the molecule is CCC(O)(CC(C1CCCC(C)C1C(C)C)N(C)C)c1cccc(OC)c1. The molecule has 1 aliphatic carbocycles. The molecule has 0 spiro atoms. The number of hydrogen-bond donors (Lipinski definition) is 1. The van der Waals surface area contributed by atoms with Gasteiger partial charge in [0.25, 0.3) is 0 Å². The normalized spacial score (nSPS) is 26.8. The van der Waals surface area contributed by atoms with Gasteiger partial charge in [0.1, 0.15) is 5.75 Å². The van der Waals surface area contributed by atoms with Gasteiger partial charge in [-0.1, -0.05) is 52.7 Å². The van der Waals surface area contributed by atoms with E-state index in [9.17, 15) is 5.11 Å². The van der Waals surface area contributed by atoms with Crippen molar-refractivity contribution in [3.05, 3.63) is 29.8 Å². The van der Waals surface area contributed by atoms with E-state index in [4.69, 9.17) is 4.74 Å². The second-order valence-corrected chi connectivity index (χ2v) is 9.25. The van der Waals surface area contributed by atoms with Crippen LogP contribution in [0.5, 0.6) is 5.75 Å². The van der Waals surface area contributed by atoms with Crippen LogP contribution in [-0.4, -0.2) is 37.3 Å². The molecule has 0 saturated heterocycles. The highest BCUT2D eigenvalue weighted by Gasteiger charge is 2.42. The molecule has 1 N–H and O–H groups in total. The Hall–Kier alpha value is -1.06. The van der Waals surface area contributed by atoms with Gasteiger partial charge in [0.15, 0.2) is 0 Å². The lowest BCUT2D eigenvalue weighted by atomic mass is 9.63. The molecule has 5 unspecified atom stereocenters. The summed E-state index contributed by atoms with van der Waals surface area (Å²) in [6, 6.07) is 8.35. The van der Waals surface area contributed by atoms with E-state index in [0.29, 0.717) is 24.3 Å². The first-order valence-corrected chi connectivity index (χ1v) is 10.8. The average molecular weight is 376 g/mol. The van der Waals surface area contributed by atoms with Gasteiger partial charge in [0.05, 0.1) is 12.7 Å². The topological polar surface area (TPSA) is 32.7 Å². The molecule has 0 aromatic heterocycles. The number of hydrogen-bond acceptors (Lipinski definition) is 3. The van der Waals surface area contributed by atoms with E-state index in [1.54, 1.807) is 7.11 Å². The highest BCUT2D eigenvalue weighted by Crippen LogP contribution is 2.45. The first kappa shape index (κ1) is 22.2. The van der Waals surface area contributed by atoms with Crippen LogP contribution in [0.2, 0.25) is 0 Å². The highest BCUT2D eigenvalue weighted by molar-refractivity contribution is 5.32. The molecule has 1 saturated carbocycles. The van der Waals surface area contributed by atoms with E-state index >= 15 is 0 Å². The zero-order chi connectivity index (χ0) is 20.2. The minimum absolute atomic E-state index is 0.372. The zero-order valence-corrected chi connectivity index (χ0v) is 18.5. The van der Waals surface area contributed by atoms with Crippen LogP contribution in [0.3, 0.4) is 0 Å². The fraction of sp³-hybridized carbons (Fsp3) is 0.750. The van der Waals surface area contributed by atoms with Crippen molar-refractivity contribution >= 4 is 0 Å². The molecule has 154 valence electrons. The van der Waals surface area contributed by atoms with Gasteiger partial charge in [-0.15, -0.1) is 0 Å². The van der Waals surface area contributed by atoms with Crippen molar-refractivity contribution in [2.45, 2.75) is 71.4 Å². The van der Waals surface area contributed by atoms with E-state index in [2.05, 4.69) is 46.7 Å². The molecule has 0 aliphatic heterocycles. The van der Waals surface area contributed by atoms with Crippen molar-refractivity contribution in [3.63, 3.8) is 0 Å². The Kier molecular flexibility index (Phi) is 7.76. The van der Waals surface area contributed by atoms with Crippen LogP contribution in [-0.2, 0) is 5.60 Å². The molecule has 3 heteroatoms. The van der Waals surface area contributed by atoms with E-state index in [1.165, 1.54) is 19.3 Å². The third-order valence-electron chi connectivity index (χ3n) is 7.01. The molecule has 1 fully saturated rings. The first-order valence-electron chi connectivity index (χ1n) is 10.8. The number of rotatable bonds is 8. The van der Waals surface area contributed by atoms with Gasteiger partial charge in [0.2, 0.25) is 0 Å². The second-order valence-electron chi connectivity index (χ2n) is 9.25. The summed E-state index contributed by atoms with van der Waals surface area (Å²) in [5.41, 5.74) is 0.146. The lowest BCUT2D eigenvalue weighted by molar-refractivity contribution is -0.0337. The Labute approximate surface area is 167 Å². The zero-order valence-electron chi connectivity index (χ0n) is 18.5. The summed E-state index contributed by atoms with van der Waals surface area (Å²) in [6.07, 6.45) is 5.40. The van der Waals surface area contributed by atoms with Crippen molar-refractivity contribution in [1.29, 1.82) is 0 Å². The summed E-state index contributed by atoms with van der Waals surface area (Å²) in [4.78, 5) is 2.36. The van der Waals surface area contributed by atoms with Crippen molar-refractivity contribution < 1.29 is 9.84 Å². The van der Waals surface area contributed by atoms with E-state index in [1.807, 2.05) is 24.3 Å². The second kappa shape index (κ2) is 9.43. The first-order chi connectivity index (χ1) is 12.7. The number of nitrogens with zero attached hydrogens (tertiary/aromatic N) is 1. The molecular formula is C24H41NO2. The molecule has 3 nitrogen and oxygen atoms in total. The Morgan fingerprint density at radius 2 is 1.96 bits per heavy atom. The third kappa shape index (κ3) is 5.06. The van der Waals surface area contributed by atoms with Crippen LogP contribution in [0.4, 0.5) is 0 Å². The van der Waals surface area contributed by atoms with E-state index in [0.717, 1.165) is 29.6 Å². The van der Waals surface area contributed by atoms with E-state index in [-0.39, 0.29) is 0 Å². The van der Waals surface area contributed by atoms with Gasteiger partial charge in [-0.2, -0.15) is 0 Å². The third-order valence-corrected chi connectivity index (χ3v) is 7.01. The summed E-state index contributed by atoms with van der Waals surface area (Å²) >= 11 is 0. The quantitative estimate of drug-likeness (QED) is 0.667. The van der Waals surface area contributed by atoms with Gasteiger partial charge < -0.3 is 14.7 Å². The molecular weight excluding hydrogens is 334 g/mol. The van der Waals surface area contributed by atoms with E-state index < -0.39 is 5.60 Å². The number of methoxy groups -OCH3 is 1. The van der Waals surface area contributed by atoms with Gasteiger partial charge in [-0.3, -0.25) is 0 Å². The van der Waals surface area contributed by atoms with Crippen LogP contribution >= 0.6 is 0 Å². The predicted molar refractivity (Wildman–Crippen MR) is 114 cm³/mol. The van der Waals surface area contributed by atoms with Crippen LogP contribution in [0.1, 0.15) is 65.4 Å². The summed E-state index contributed by atoms with van der Waals surface area (Å²) in [5, 5.41) is 11.7. The van der Waals surface area contributed by atoms with Crippen LogP contribution in [0.25, 0.3) is 0 Å². The van der Waals surface area contributed by atoms with Crippen molar-refractivity contribution in [1.82, 2.24) is 4.90 Å². The Morgan fingerprint density at radius 1 is 1.26 bits per heavy atom. The largest absolute Gasteiger partial charge is 0.497 e. The molecule has 0 heterocycles. The van der Waals surface area contributed by atoms with Gasteiger partial charge >= 0.3 is 0 Å². The minimum Gasteiger partial charge on any atom is -0.497 e. The number of aliphatic hydroxyl groups is 1. The van der Waals surface area contributed by atoms with Crippen LogP contribution < -0.4 is 4.74 Å². The lowest BCUT2D eigenvalue weighted by Crippen LogP contribution is -2.48. The van der Waals surface area contributed by atoms with Gasteiger partial charge in [-0.05, 0) is 74.7 Å². The van der Waals surface area contributed by atoms with Gasteiger partial charge in [-0.25, -0.2) is 0 Å². The summed E-state index contributed by atoms with van der Waals surface area (Å²) in [6.45, 7) is 9.27. The monoisotopic (exact) mass is 375 g/mol. The minimum atomic E-state index is -0.828. The molecule has 0 radical (unpaired) electrons. The maximum atomic E-state index is 11.7. The van der Waals surface area contributed by atoms with Crippen molar-refractivity contribution in [2.75, 3.05) is 21.2 Å². The lowest BCUT2D eigenvalue weighted by Gasteiger charge is -2.47. The number of benzene rings is 1. The Bertz CT molecular complexity index is 585. The van der Waals surface area contributed by atoms with Crippen molar-refractivity contribution in [2.24, 2.45) is 23.7 Å². The summed E-state index contributed by atoms with van der Waals surface area (Å²) in [5.74, 6) is 3.61. The standard InChI is InChI=1S/C24H41NO2/c1-8-24(26,19-12-10-13-20(15-19)27-7)16-22(25(5)6)21-14-9-11-18(4)23(21)17(2)3/h10,12-13,15,17-18,21-23,26H,8-9,11,14,16H2,1-7H3.